The van der Waals surface area contributed by atoms with Crippen molar-refractivity contribution in [2.75, 3.05) is 34.2 Å². The minimum atomic E-state index is -1.83. The quantitative estimate of drug-likeness (QED) is 0.205. The zero-order valence-corrected chi connectivity index (χ0v) is 37.2. The minimum absolute atomic E-state index is 0.00924. The van der Waals surface area contributed by atoms with Crippen molar-refractivity contribution in [3.8, 4) is 0 Å². The number of hydrogen-bond donors (Lipinski definition) is 5. The highest BCUT2D eigenvalue weighted by Crippen LogP contribution is 2.38. The Balaban J connectivity index is 1.72. The largest absolute Gasteiger partial charge is 0.459 e. The maximum Gasteiger partial charge on any atom is 0.407 e. The normalized spacial score (nSPS) is 37.0. The van der Waals surface area contributed by atoms with Crippen LogP contribution in [0.1, 0.15) is 98.1 Å². The smallest absolute Gasteiger partial charge is 0.407 e. The standard InChI is InChI=1S/C46H73N3O10/c1-12-37-46(8,55)40(51)32(6)49(11)27-28(2)26-45(7,54)41(59-43-38(50)36(48(9)10)25-29(3)56-43)30(4)39(31(5)42(52)57-37)58-44(53)47-24-23-35(33-19-15-13-16-20-33)34-21-17-14-18-22-34/h13-22,28-32,35-41,43,50-51,54-55H,12,23-27H2,1-11H3,(H,47,53)/t28-,29-,30+,31-,32-,36+,37-,38-,39+,40-,41-,43+,45-,46-/m1/s1. The lowest BCUT2D eigenvalue weighted by Gasteiger charge is -2.47. The third kappa shape index (κ3) is 12.3. The number of aliphatic hydroxyl groups is 4. The Morgan fingerprint density at radius 3 is 2.10 bits per heavy atom. The molecule has 0 spiro atoms. The molecule has 14 atom stereocenters. The van der Waals surface area contributed by atoms with E-state index in [0.29, 0.717) is 19.4 Å². The number of aliphatic hydroxyl groups excluding tert-OH is 2. The fourth-order valence-corrected chi connectivity index (χ4v) is 9.31. The molecule has 2 aliphatic rings. The number of esters is 1. The second-order valence-electron chi connectivity index (χ2n) is 18.1. The second-order valence-corrected chi connectivity index (χ2v) is 18.1. The highest BCUT2D eigenvalue weighted by Gasteiger charge is 2.51. The van der Waals surface area contributed by atoms with Gasteiger partial charge in [-0.05, 0) is 98.5 Å². The zero-order chi connectivity index (χ0) is 43.8. The summed E-state index contributed by atoms with van der Waals surface area (Å²) in [7, 11) is 5.58. The Hall–Kier alpha value is -3.14. The van der Waals surface area contributed by atoms with Gasteiger partial charge in [0, 0.05) is 37.0 Å². The number of likely N-dealkylation sites (N-methyl/N-ethyl adjacent to an activating group) is 2. The molecule has 13 nitrogen and oxygen atoms in total. The van der Waals surface area contributed by atoms with Crippen molar-refractivity contribution >= 4 is 12.1 Å². The number of carbonyl (C=O) groups is 2. The fourth-order valence-electron chi connectivity index (χ4n) is 9.31. The first-order chi connectivity index (χ1) is 27.7. The molecule has 2 fully saturated rings. The number of nitrogens with zero attached hydrogens (tertiary/aromatic N) is 2. The van der Waals surface area contributed by atoms with E-state index in [1.807, 2.05) is 81.2 Å². The Bertz CT molecular complexity index is 1560. The predicted octanol–water partition coefficient (Wildman–Crippen LogP) is 4.93. The monoisotopic (exact) mass is 828 g/mol. The molecule has 0 aliphatic carbocycles. The second kappa shape index (κ2) is 21.1. The number of amides is 1. The van der Waals surface area contributed by atoms with E-state index in [1.165, 1.54) is 6.92 Å². The SMILES string of the molecule is CC[C@H]1OC(=O)[C@H](C)[C@@H](OC(=O)NCCC(c2ccccc2)c2ccccc2)[C@H](C)[C@@H](O[C@@H]2O[C@H](C)C[C@H](N(C)C)[C@H]2O)[C@](C)(O)C[C@@H](C)CN(C)[C@H](C)[C@@H](O)[C@]1(C)O. The van der Waals surface area contributed by atoms with Crippen LogP contribution in [0.5, 0.6) is 0 Å². The van der Waals surface area contributed by atoms with Gasteiger partial charge in [0.15, 0.2) is 6.29 Å². The highest BCUT2D eigenvalue weighted by atomic mass is 16.7. The number of nitrogens with one attached hydrogen (secondary N) is 1. The maximum atomic E-state index is 14.2. The van der Waals surface area contributed by atoms with Crippen LogP contribution in [0.25, 0.3) is 0 Å². The lowest BCUT2D eigenvalue weighted by molar-refractivity contribution is -0.299. The molecule has 0 aromatic heterocycles. The number of ether oxygens (including phenoxy) is 4. The van der Waals surface area contributed by atoms with Crippen molar-refractivity contribution in [2.45, 2.75) is 153 Å². The summed E-state index contributed by atoms with van der Waals surface area (Å²) in [5, 5.41) is 50.3. The molecule has 2 saturated heterocycles. The summed E-state index contributed by atoms with van der Waals surface area (Å²) in [5.74, 6) is -2.95. The van der Waals surface area contributed by atoms with Crippen LogP contribution in [-0.2, 0) is 23.7 Å². The Morgan fingerprint density at radius 2 is 1.56 bits per heavy atom. The fraction of sp³-hybridized carbons (Fsp3) is 0.696. The molecule has 5 N–H and O–H groups in total. The van der Waals surface area contributed by atoms with Gasteiger partial charge in [0.2, 0.25) is 0 Å². The van der Waals surface area contributed by atoms with Crippen LogP contribution in [-0.4, -0.2) is 143 Å². The van der Waals surface area contributed by atoms with Gasteiger partial charge in [-0.3, -0.25) is 4.79 Å². The molecular weight excluding hydrogens is 755 g/mol. The number of hydrogen-bond acceptors (Lipinski definition) is 12. The summed E-state index contributed by atoms with van der Waals surface area (Å²) in [4.78, 5) is 32.0. The highest BCUT2D eigenvalue weighted by molar-refractivity contribution is 5.74. The Morgan fingerprint density at radius 1 is 0.983 bits per heavy atom. The summed E-state index contributed by atoms with van der Waals surface area (Å²) in [5.41, 5.74) is -1.25. The number of alkyl carbamates (subject to hydrolysis) is 1. The van der Waals surface area contributed by atoms with Crippen molar-refractivity contribution in [3.05, 3.63) is 71.8 Å². The summed E-state index contributed by atoms with van der Waals surface area (Å²) < 4.78 is 25.1. The van der Waals surface area contributed by atoms with Crippen LogP contribution in [0, 0.1) is 17.8 Å². The number of cyclic esters (lactones) is 1. The van der Waals surface area contributed by atoms with E-state index in [1.54, 1.807) is 34.6 Å². The first kappa shape index (κ1) is 48.5. The Labute approximate surface area is 352 Å². The van der Waals surface area contributed by atoms with Gasteiger partial charge < -0.3 is 54.5 Å². The van der Waals surface area contributed by atoms with Gasteiger partial charge in [0.05, 0.1) is 23.7 Å². The summed E-state index contributed by atoms with van der Waals surface area (Å²) >= 11 is 0. The van der Waals surface area contributed by atoms with Gasteiger partial charge in [0.1, 0.15) is 30.0 Å². The lowest BCUT2D eigenvalue weighted by atomic mass is 9.77. The maximum absolute atomic E-state index is 14.2. The molecule has 0 radical (unpaired) electrons. The molecule has 0 bridgehead atoms. The van der Waals surface area contributed by atoms with Crippen LogP contribution >= 0.6 is 0 Å². The van der Waals surface area contributed by atoms with E-state index in [0.717, 1.165) is 11.1 Å². The minimum Gasteiger partial charge on any atom is -0.459 e. The molecule has 2 aliphatic heterocycles. The van der Waals surface area contributed by atoms with Gasteiger partial charge in [-0.25, -0.2) is 4.79 Å². The summed E-state index contributed by atoms with van der Waals surface area (Å²) in [6, 6.07) is 19.2. The van der Waals surface area contributed by atoms with Gasteiger partial charge in [0.25, 0.3) is 0 Å². The van der Waals surface area contributed by atoms with Crippen LogP contribution in [0.15, 0.2) is 60.7 Å². The average Bonchev–Trinajstić information content (AvgIpc) is 3.19. The van der Waals surface area contributed by atoms with Gasteiger partial charge in [-0.2, -0.15) is 0 Å². The van der Waals surface area contributed by atoms with Crippen molar-refractivity contribution < 1.29 is 49.0 Å². The van der Waals surface area contributed by atoms with E-state index < -0.39 is 78.0 Å². The van der Waals surface area contributed by atoms with Crippen molar-refractivity contribution in [2.24, 2.45) is 17.8 Å². The number of benzene rings is 2. The third-order valence-corrected chi connectivity index (χ3v) is 12.8. The van der Waals surface area contributed by atoms with Crippen LogP contribution in [0.3, 0.4) is 0 Å². The van der Waals surface area contributed by atoms with Crippen LogP contribution in [0.2, 0.25) is 0 Å². The van der Waals surface area contributed by atoms with E-state index in [-0.39, 0.29) is 43.4 Å². The van der Waals surface area contributed by atoms with E-state index in [9.17, 15) is 30.0 Å². The lowest BCUT2D eigenvalue weighted by Crippen LogP contribution is -2.59. The van der Waals surface area contributed by atoms with Crippen molar-refractivity contribution in [1.82, 2.24) is 15.1 Å². The Kier molecular flexibility index (Phi) is 17.3. The molecular formula is C46H73N3O10. The predicted molar refractivity (Wildman–Crippen MR) is 227 cm³/mol. The van der Waals surface area contributed by atoms with E-state index >= 15 is 0 Å². The summed E-state index contributed by atoms with van der Waals surface area (Å²) in [6.45, 7) is 14.5. The zero-order valence-electron chi connectivity index (χ0n) is 37.2. The molecule has 2 heterocycles. The number of rotatable bonds is 10. The molecule has 0 saturated carbocycles. The van der Waals surface area contributed by atoms with E-state index in [2.05, 4.69) is 29.6 Å². The first-order valence-corrected chi connectivity index (χ1v) is 21.4. The molecule has 4 rings (SSSR count). The molecule has 13 heteroatoms. The van der Waals surface area contributed by atoms with Gasteiger partial charge in [-0.15, -0.1) is 0 Å². The van der Waals surface area contributed by atoms with Crippen LogP contribution in [0.4, 0.5) is 4.79 Å². The van der Waals surface area contributed by atoms with Crippen molar-refractivity contribution in [1.29, 1.82) is 0 Å². The van der Waals surface area contributed by atoms with Gasteiger partial charge >= 0.3 is 12.1 Å². The molecule has 332 valence electrons. The summed E-state index contributed by atoms with van der Waals surface area (Å²) in [6.07, 6.45) is -6.53. The molecule has 0 unspecified atom stereocenters. The molecule has 59 heavy (non-hydrogen) atoms. The third-order valence-electron chi connectivity index (χ3n) is 12.8. The molecule has 1 amide bonds. The average molecular weight is 828 g/mol. The van der Waals surface area contributed by atoms with Crippen molar-refractivity contribution in [3.63, 3.8) is 0 Å². The first-order valence-electron chi connectivity index (χ1n) is 21.4. The molecule has 2 aromatic rings. The van der Waals surface area contributed by atoms with Gasteiger partial charge in [-0.1, -0.05) is 81.4 Å². The topological polar surface area (TPSA) is 170 Å². The van der Waals surface area contributed by atoms with E-state index in [4.69, 9.17) is 18.9 Å². The van der Waals surface area contributed by atoms with Crippen LogP contribution < -0.4 is 5.32 Å². The molecule has 2 aromatic carbocycles. The number of carbonyl (C=O) groups excluding carboxylic acids is 2.